The quantitative estimate of drug-likeness (QED) is 0.193. The average Bonchev–Trinajstić information content (AvgIpc) is 3.63. The molecule has 236 valence electrons. The minimum Gasteiger partial charge on any atom is -0.456 e. The van der Waals surface area contributed by atoms with Gasteiger partial charge in [-0.05, 0) is 69.1 Å². The smallest absolute Gasteiger partial charge is 0.164 e. The zero-order valence-corrected chi connectivity index (χ0v) is 28.0. The van der Waals surface area contributed by atoms with Gasteiger partial charge in [0.05, 0.1) is 0 Å². The number of fused-ring (bicyclic) bond motifs is 6. The minimum atomic E-state index is -0.221. The van der Waals surface area contributed by atoms with Gasteiger partial charge >= 0.3 is 0 Å². The van der Waals surface area contributed by atoms with Crippen molar-refractivity contribution in [1.82, 2.24) is 15.0 Å². The van der Waals surface area contributed by atoms with Crippen molar-refractivity contribution >= 4 is 21.9 Å². The van der Waals surface area contributed by atoms with Gasteiger partial charge in [0.2, 0.25) is 0 Å². The van der Waals surface area contributed by atoms with Gasteiger partial charge in [-0.15, -0.1) is 0 Å². The molecule has 2 heterocycles. The van der Waals surface area contributed by atoms with Crippen LogP contribution < -0.4 is 0 Å². The normalized spacial score (nSPS) is 15.4. The van der Waals surface area contributed by atoms with Crippen LogP contribution >= 0.6 is 0 Å². The number of hydrogen-bond donors (Lipinski definition) is 0. The van der Waals surface area contributed by atoms with Crippen LogP contribution in [0.15, 0.2) is 144 Å². The molecule has 8 aromatic rings. The Labute approximate surface area is 286 Å². The van der Waals surface area contributed by atoms with E-state index in [1.807, 2.05) is 66.7 Å². The van der Waals surface area contributed by atoms with Crippen LogP contribution in [0.3, 0.4) is 0 Å². The van der Waals surface area contributed by atoms with Gasteiger partial charge in [0, 0.05) is 32.9 Å². The molecule has 1 unspecified atom stereocenters. The van der Waals surface area contributed by atoms with Crippen molar-refractivity contribution in [2.45, 2.75) is 33.1 Å². The van der Waals surface area contributed by atoms with E-state index in [0.717, 1.165) is 38.8 Å². The predicted molar refractivity (Wildman–Crippen MR) is 200 cm³/mol. The van der Waals surface area contributed by atoms with E-state index >= 15 is 0 Å². The Hall–Kier alpha value is -5.87. The highest BCUT2D eigenvalue weighted by Crippen LogP contribution is 2.58. The fraction of sp³-hybridized carbons (Fsp3) is 0.133. The van der Waals surface area contributed by atoms with Gasteiger partial charge in [-0.2, -0.15) is 0 Å². The van der Waals surface area contributed by atoms with E-state index in [0.29, 0.717) is 17.5 Å². The number of furan rings is 1. The van der Waals surface area contributed by atoms with E-state index in [1.54, 1.807) is 0 Å². The fourth-order valence-electron chi connectivity index (χ4n) is 7.51. The van der Waals surface area contributed by atoms with Gasteiger partial charge in [-0.1, -0.05) is 137 Å². The van der Waals surface area contributed by atoms with Crippen LogP contribution in [0, 0.1) is 5.41 Å². The lowest BCUT2D eigenvalue weighted by atomic mass is 9.62. The monoisotopic (exact) mass is 633 g/mol. The van der Waals surface area contributed by atoms with Crippen LogP contribution in [-0.4, -0.2) is 15.0 Å². The van der Waals surface area contributed by atoms with E-state index in [4.69, 9.17) is 19.4 Å². The first kappa shape index (κ1) is 29.3. The van der Waals surface area contributed by atoms with Crippen LogP contribution in [-0.2, 0) is 5.41 Å². The van der Waals surface area contributed by atoms with Crippen molar-refractivity contribution in [3.63, 3.8) is 0 Å². The summed E-state index contributed by atoms with van der Waals surface area (Å²) < 4.78 is 6.35. The lowest BCUT2D eigenvalue weighted by molar-refractivity contribution is 0.255. The highest BCUT2D eigenvalue weighted by molar-refractivity contribution is 6.07. The summed E-state index contributed by atoms with van der Waals surface area (Å²) in [5.41, 5.74) is 12.0. The molecule has 0 fully saturated rings. The van der Waals surface area contributed by atoms with Crippen molar-refractivity contribution in [2.24, 2.45) is 5.41 Å². The number of hydrogen-bond acceptors (Lipinski definition) is 4. The Balaban J connectivity index is 1.18. The lowest BCUT2D eigenvalue weighted by Gasteiger charge is -2.41. The molecule has 0 aliphatic heterocycles. The molecule has 4 heteroatoms. The SMILES string of the molecule is CC(C)(C)C1(C)c2cc(-c3cccc(-c4nc(-c5ccccc5)nc(-c5ccccc5)n4)c3)ccc2-c2cc3oc4ccccc4c3cc21. The number of nitrogens with zero attached hydrogens (tertiary/aromatic N) is 3. The largest absolute Gasteiger partial charge is 0.456 e. The van der Waals surface area contributed by atoms with E-state index in [2.05, 4.69) is 100 Å². The van der Waals surface area contributed by atoms with E-state index in [-0.39, 0.29) is 10.8 Å². The van der Waals surface area contributed by atoms with Crippen molar-refractivity contribution in [2.75, 3.05) is 0 Å². The van der Waals surface area contributed by atoms with Crippen LogP contribution in [0.1, 0.15) is 38.8 Å². The Morgan fingerprint density at radius 2 is 1.00 bits per heavy atom. The second kappa shape index (κ2) is 10.8. The minimum absolute atomic E-state index is 0.0484. The average molecular weight is 634 g/mol. The second-order valence-electron chi connectivity index (χ2n) is 14.2. The number of para-hydroxylation sites is 1. The predicted octanol–water partition coefficient (Wildman–Crippen LogP) is 11.8. The van der Waals surface area contributed by atoms with Gasteiger partial charge in [-0.3, -0.25) is 0 Å². The number of rotatable bonds is 4. The van der Waals surface area contributed by atoms with Crippen LogP contribution in [0.5, 0.6) is 0 Å². The summed E-state index contributed by atoms with van der Waals surface area (Å²) in [5, 5.41) is 2.34. The Kier molecular flexibility index (Phi) is 6.47. The third-order valence-electron chi connectivity index (χ3n) is 10.6. The molecule has 6 aromatic carbocycles. The van der Waals surface area contributed by atoms with Crippen molar-refractivity contribution < 1.29 is 4.42 Å². The zero-order chi connectivity index (χ0) is 33.3. The zero-order valence-electron chi connectivity index (χ0n) is 28.0. The molecule has 0 N–H and O–H groups in total. The second-order valence-corrected chi connectivity index (χ2v) is 14.2. The Bertz CT molecular complexity index is 2490. The van der Waals surface area contributed by atoms with Gasteiger partial charge in [0.15, 0.2) is 17.5 Å². The van der Waals surface area contributed by atoms with E-state index < -0.39 is 0 Å². The molecular weight excluding hydrogens is 599 g/mol. The first-order chi connectivity index (χ1) is 23.8. The third kappa shape index (κ3) is 4.62. The van der Waals surface area contributed by atoms with Gasteiger partial charge < -0.3 is 4.42 Å². The first-order valence-electron chi connectivity index (χ1n) is 16.9. The summed E-state index contributed by atoms with van der Waals surface area (Å²) >= 11 is 0. The van der Waals surface area contributed by atoms with E-state index in [9.17, 15) is 0 Å². The van der Waals surface area contributed by atoms with Crippen molar-refractivity contribution in [3.8, 4) is 56.4 Å². The fourth-order valence-corrected chi connectivity index (χ4v) is 7.51. The van der Waals surface area contributed by atoms with Crippen LogP contribution in [0.4, 0.5) is 0 Å². The molecule has 0 radical (unpaired) electrons. The summed E-state index contributed by atoms with van der Waals surface area (Å²) in [5.74, 6) is 1.96. The molecule has 49 heavy (non-hydrogen) atoms. The molecule has 1 atom stereocenters. The molecule has 9 rings (SSSR count). The summed E-state index contributed by atoms with van der Waals surface area (Å²) in [6.45, 7) is 9.47. The molecule has 0 spiro atoms. The molecular formula is C45H35N3O. The van der Waals surface area contributed by atoms with Crippen LogP contribution in [0.25, 0.3) is 78.4 Å². The maximum atomic E-state index is 6.35. The van der Waals surface area contributed by atoms with Crippen molar-refractivity contribution in [3.05, 3.63) is 151 Å². The number of benzene rings is 6. The standard InChI is InChI=1S/C45H35N3O/c1-44(2,3)45(4)37-25-31(22-23-33(37)35-27-40-36(26-38(35)45)34-20-11-12-21-39(34)49-40)30-18-13-19-32(24-30)43-47-41(28-14-7-5-8-15-28)46-42(48-43)29-16-9-6-10-17-29/h5-27H,1-4H3. The third-order valence-corrected chi connectivity index (χ3v) is 10.6. The lowest BCUT2D eigenvalue weighted by Crippen LogP contribution is -2.36. The number of aromatic nitrogens is 3. The summed E-state index contributed by atoms with van der Waals surface area (Å²) in [6.07, 6.45) is 0. The summed E-state index contributed by atoms with van der Waals surface area (Å²) in [6, 6.07) is 48.7. The molecule has 2 aromatic heterocycles. The van der Waals surface area contributed by atoms with E-state index in [1.165, 1.54) is 33.2 Å². The van der Waals surface area contributed by atoms with Gasteiger partial charge in [-0.25, -0.2) is 15.0 Å². The molecule has 0 saturated heterocycles. The highest BCUT2D eigenvalue weighted by Gasteiger charge is 2.48. The van der Waals surface area contributed by atoms with Gasteiger partial charge in [0.1, 0.15) is 11.2 Å². The van der Waals surface area contributed by atoms with Crippen LogP contribution in [0.2, 0.25) is 0 Å². The van der Waals surface area contributed by atoms with Gasteiger partial charge in [0.25, 0.3) is 0 Å². The molecule has 0 bridgehead atoms. The summed E-state index contributed by atoms with van der Waals surface area (Å²) in [4.78, 5) is 14.9. The Morgan fingerprint density at radius 3 is 1.67 bits per heavy atom. The maximum absolute atomic E-state index is 6.35. The topological polar surface area (TPSA) is 51.8 Å². The molecule has 1 aliphatic rings. The molecule has 1 aliphatic carbocycles. The Morgan fingerprint density at radius 1 is 0.449 bits per heavy atom. The molecule has 4 nitrogen and oxygen atoms in total. The highest BCUT2D eigenvalue weighted by atomic mass is 16.3. The molecule has 0 amide bonds. The first-order valence-corrected chi connectivity index (χ1v) is 16.9. The maximum Gasteiger partial charge on any atom is 0.164 e. The summed E-state index contributed by atoms with van der Waals surface area (Å²) in [7, 11) is 0. The molecule has 0 saturated carbocycles. The van der Waals surface area contributed by atoms with Crippen molar-refractivity contribution in [1.29, 1.82) is 0 Å².